The molecule has 1 N–H and O–H groups in total. The second kappa shape index (κ2) is 6.23. The Morgan fingerprint density at radius 1 is 1.00 bits per heavy atom. The first-order valence-corrected chi connectivity index (χ1v) is 8.20. The molecule has 0 spiro atoms. The van der Waals surface area contributed by atoms with Gasteiger partial charge in [-0.15, -0.1) is 0 Å². The van der Waals surface area contributed by atoms with E-state index in [0.717, 1.165) is 4.47 Å². The molecule has 2 aromatic rings. The molecule has 0 heterocycles. The van der Waals surface area contributed by atoms with Gasteiger partial charge in [-0.05, 0) is 48.1 Å². The first-order chi connectivity index (χ1) is 9.79. The van der Waals surface area contributed by atoms with Crippen molar-refractivity contribution in [1.29, 1.82) is 0 Å². The number of rotatable bonds is 3. The molecule has 0 aromatic heterocycles. The zero-order chi connectivity index (χ0) is 15.6. The summed E-state index contributed by atoms with van der Waals surface area (Å²) >= 11 is 3.58. The van der Waals surface area contributed by atoms with Crippen LogP contribution in [0.25, 0.3) is 0 Å². The third-order valence-corrected chi connectivity index (χ3v) is 4.78. The topological polar surface area (TPSA) is 12.0 Å². The Kier molecular flexibility index (Phi) is 4.77. The lowest BCUT2D eigenvalue weighted by atomic mass is 9.86. The van der Waals surface area contributed by atoms with Crippen LogP contribution in [0.3, 0.4) is 0 Å². The molecule has 1 atom stereocenters. The Bertz CT molecular complexity index is 608. The van der Waals surface area contributed by atoms with Gasteiger partial charge in [0.15, 0.2) is 0 Å². The molecule has 0 bridgehead atoms. The molecule has 2 aromatic carbocycles. The van der Waals surface area contributed by atoms with Crippen LogP contribution in [-0.4, -0.2) is 0 Å². The van der Waals surface area contributed by atoms with Crippen molar-refractivity contribution in [3.63, 3.8) is 0 Å². The number of hydrogen-bond donors (Lipinski definition) is 1. The first-order valence-electron chi connectivity index (χ1n) is 7.41. The van der Waals surface area contributed by atoms with Gasteiger partial charge in [0, 0.05) is 16.2 Å². The second-order valence-electron chi connectivity index (χ2n) is 6.65. The number of halogens is 1. The summed E-state index contributed by atoms with van der Waals surface area (Å²) in [5.74, 6) is 0. The molecule has 0 aliphatic rings. The molecule has 0 fully saturated rings. The van der Waals surface area contributed by atoms with Gasteiger partial charge in [-0.1, -0.05) is 67.0 Å². The smallest absolute Gasteiger partial charge is 0.0485 e. The lowest BCUT2D eigenvalue weighted by Gasteiger charge is -2.22. The summed E-state index contributed by atoms with van der Waals surface area (Å²) in [6.07, 6.45) is 0. The van der Waals surface area contributed by atoms with Crippen molar-refractivity contribution in [2.24, 2.45) is 0 Å². The van der Waals surface area contributed by atoms with Gasteiger partial charge in [0.25, 0.3) is 0 Å². The van der Waals surface area contributed by atoms with E-state index in [9.17, 15) is 0 Å². The molecule has 0 saturated heterocycles. The maximum atomic E-state index is 3.60. The average molecular weight is 346 g/mol. The maximum absolute atomic E-state index is 3.60. The zero-order valence-corrected chi connectivity index (χ0v) is 15.1. The van der Waals surface area contributed by atoms with Crippen molar-refractivity contribution >= 4 is 21.6 Å². The van der Waals surface area contributed by atoms with Crippen LogP contribution in [0.15, 0.2) is 46.9 Å². The fourth-order valence-electron chi connectivity index (χ4n) is 2.35. The Labute approximate surface area is 136 Å². The number of benzene rings is 2. The molecule has 2 rings (SSSR count). The van der Waals surface area contributed by atoms with Crippen LogP contribution in [0, 0.1) is 6.92 Å². The zero-order valence-electron chi connectivity index (χ0n) is 13.5. The molecule has 0 saturated carbocycles. The molecule has 0 amide bonds. The van der Waals surface area contributed by atoms with Gasteiger partial charge in [0.2, 0.25) is 0 Å². The fraction of sp³-hybridized carbons (Fsp3) is 0.368. The van der Waals surface area contributed by atoms with Gasteiger partial charge in [0.1, 0.15) is 0 Å². The summed E-state index contributed by atoms with van der Waals surface area (Å²) in [7, 11) is 0. The van der Waals surface area contributed by atoms with Crippen molar-refractivity contribution in [3.8, 4) is 0 Å². The number of anilines is 1. The average Bonchev–Trinajstić information content (AvgIpc) is 2.43. The summed E-state index contributed by atoms with van der Waals surface area (Å²) in [5, 5.41) is 3.60. The predicted octanol–water partition coefficient (Wildman–Crippen LogP) is 6.23. The lowest BCUT2D eigenvalue weighted by molar-refractivity contribution is 0.589. The monoisotopic (exact) mass is 345 g/mol. The summed E-state index contributed by atoms with van der Waals surface area (Å²) in [6.45, 7) is 11.1. The van der Waals surface area contributed by atoms with Crippen molar-refractivity contribution in [1.82, 2.24) is 0 Å². The van der Waals surface area contributed by atoms with E-state index in [1.807, 2.05) is 0 Å². The Balaban J connectivity index is 2.17. The highest BCUT2D eigenvalue weighted by atomic mass is 79.9. The molecule has 112 valence electrons. The standard InChI is InChI=1S/C19H24BrN/c1-13-17(20)7-6-8-18(13)21-14(2)15-9-11-16(12-10-15)19(3,4)5/h6-12,14,21H,1-5H3. The Morgan fingerprint density at radius 2 is 1.62 bits per heavy atom. The van der Waals surface area contributed by atoms with Crippen LogP contribution in [-0.2, 0) is 5.41 Å². The van der Waals surface area contributed by atoms with E-state index in [0.29, 0.717) is 0 Å². The van der Waals surface area contributed by atoms with E-state index in [-0.39, 0.29) is 11.5 Å². The van der Waals surface area contributed by atoms with Crippen LogP contribution >= 0.6 is 15.9 Å². The minimum Gasteiger partial charge on any atom is -0.378 e. The minimum absolute atomic E-state index is 0.204. The summed E-state index contributed by atoms with van der Waals surface area (Å²) < 4.78 is 1.14. The second-order valence-corrected chi connectivity index (χ2v) is 7.50. The van der Waals surface area contributed by atoms with E-state index < -0.39 is 0 Å². The SMILES string of the molecule is Cc1c(Br)cccc1NC(C)c1ccc(C(C)(C)C)cc1. The van der Waals surface area contributed by atoms with Crippen LogP contribution in [0.5, 0.6) is 0 Å². The third kappa shape index (κ3) is 3.88. The van der Waals surface area contributed by atoms with Crippen LogP contribution in [0.4, 0.5) is 5.69 Å². The first kappa shape index (κ1) is 16.1. The van der Waals surface area contributed by atoms with E-state index in [1.165, 1.54) is 22.4 Å². The van der Waals surface area contributed by atoms with Crippen LogP contribution in [0.1, 0.15) is 50.4 Å². The summed E-state index contributed by atoms with van der Waals surface area (Å²) in [5.41, 5.74) is 5.31. The van der Waals surface area contributed by atoms with E-state index in [2.05, 4.69) is 98.3 Å². The highest BCUT2D eigenvalue weighted by Gasteiger charge is 2.14. The molecule has 0 radical (unpaired) electrons. The number of nitrogens with one attached hydrogen (secondary N) is 1. The van der Waals surface area contributed by atoms with Gasteiger partial charge >= 0.3 is 0 Å². The molecule has 0 aliphatic heterocycles. The van der Waals surface area contributed by atoms with Gasteiger partial charge in [-0.2, -0.15) is 0 Å². The Hall–Kier alpha value is -1.28. The van der Waals surface area contributed by atoms with Gasteiger partial charge in [-0.25, -0.2) is 0 Å². The summed E-state index contributed by atoms with van der Waals surface area (Å²) in [4.78, 5) is 0. The Morgan fingerprint density at radius 3 is 2.19 bits per heavy atom. The molecule has 0 aliphatic carbocycles. The summed E-state index contributed by atoms with van der Waals surface area (Å²) in [6, 6.07) is 15.5. The van der Waals surface area contributed by atoms with E-state index >= 15 is 0 Å². The third-order valence-electron chi connectivity index (χ3n) is 3.92. The fourth-order valence-corrected chi connectivity index (χ4v) is 2.72. The molecule has 1 nitrogen and oxygen atoms in total. The van der Waals surface area contributed by atoms with Crippen molar-refractivity contribution < 1.29 is 0 Å². The molecular weight excluding hydrogens is 322 g/mol. The highest BCUT2D eigenvalue weighted by molar-refractivity contribution is 9.10. The van der Waals surface area contributed by atoms with Crippen molar-refractivity contribution in [3.05, 3.63) is 63.6 Å². The van der Waals surface area contributed by atoms with Gasteiger partial charge in [0.05, 0.1) is 0 Å². The normalized spacial score (nSPS) is 13.0. The van der Waals surface area contributed by atoms with E-state index in [4.69, 9.17) is 0 Å². The van der Waals surface area contributed by atoms with Crippen molar-refractivity contribution in [2.45, 2.75) is 46.1 Å². The largest absolute Gasteiger partial charge is 0.378 e. The molecular formula is C19H24BrN. The van der Waals surface area contributed by atoms with Crippen molar-refractivity contribution in [2.75, 3.05) is 5.32 Å². The van der Waals surface area contributed by atoms with E-state index in [1.54, 1.807) is 0 Å². The number of hydrogen-bond acceptors (Lipinski definition) is 1. The maximum Gasteiger partial charge on any atom is 0.0485 e. The molecule has 2 heteroatoms. The molecule has 1 unspecified atom stereocenters. The van der Waals surface area contributed by atoms with Crippen LogP contribution in [0.2, 0.25) is 0 Å². The quantitative estimate of drug-likeness (QED) is 0.695. The minimum atomic E-state index is 0.204. The molecule has 21 heavy (non-hydrogen) atoms. The van der Waals surface area contributed by atoms with Gasteiger partial charge in [-0.3, -0.25) is 0 Å². The highest BCUT2D eigenvalue weighted by Crippen LogP contribution is 2.28. The van der Waals surface area contributed by atoms with Gasteiger partial charge < -0.3 is 5.32 Å². The lowest BCUT2D eigenvalue weighted by Crippen LogP contribution is -2.12. The van der Waals surface area contributed by atoms with Crippen LogP contribution < -0.4 is 5.32 Å². The predicted molar refractivity (Wildman–Crippen MR) is 96.1 cm³/mol.